The van der Waals surface area contributed by atoms with Crippen LogP contribution in [0.4, 0.5) is 0 Å². The molecule has 0 unspecified atom stereocenters. The molecule has 9 rings (SSSR count). The van der Waals surface area contributed by atoms with Gasteiger partial charge in [0, 0.05) is 115 Å². The van der Waals surface area contributed by atoms with Crippen LogP contribution in [0.15, 0.2) is 89.3 Å². The number of ketones is 5. The minimum atomic E-state index is -0.852. The maximum absolute atomic E-state index is 13.9. The van der Waals surface area contributed by atoms with E-state index in [0.29, 0.717) is 158 Å². The molecule has 3 saturated heterocycles. The number of ether oxygens (including phenoxy) is 12. The van der Waals surface area contributed by atoms with Crippen molar-refractivity contribution in [3.8, 4) is 31.3 Å². The Labute approximate surface area is 852 Å². The zero-order valence-electron chi connectivity index (χ0n) is 86.4. The van der Waals surface area contributed by atoms with Crippen molar-refractivity contribution in [2.45, 2.75) is 242 Å². The van der Waals surface area contributed by atoms with Gasteiger partial charge in [0.15, 0.2) is 17.3 Å². The highest BCUT2D eigenvalue weighted by Gasteiger charge is 2.47. The van der Waals surface area contributed by atoms with Gasteiger partial charge in [-0.05, 0) is 103 Å². The average Bonchev–Trinajstić information content (AvgIpc) is 1.65. The highest BCUT2D eigenvalue weighted by atomic mass is 32.1. The summed E-state index contributed by atoms with van der Waals surface area (Å²) in [4.78, 5) is 137. The van der Waals surface area contributed by atoms with E-state index < -0.39 is 76.5 Å². The Bertz CT molecular complexity index is 4440. The number of carboxylic acid groups (broad SMARTS) is 1. The van der Waals surface area contributed by atoms with Crippen LogP contribution in [-0.4, -0.2) is 330 Å². The van der Waals surface area contributed by atoms with E-state index in [0.717, 1.165) is 91.1 Å². The van der Waals surface area contributed by atoms with E-state index in [2.05, 4.69) is 40.9 Å². The third-order valence-electron chi connectivity index (χ3n) is 24.2. The zero-order chi connectivity index (χ0) is 104. The molecule has 9 atom stereocenters. The van der Waals surface area contributed by atoms with E-state index in [1.54, 1.807) is 34.0 Å². The number of rotatable bonds is 64. The average molecular weight is 2040 g/mol. The summed E-state index contributed by atoms with van der Waals surface area (Å²) in [5, 5.41) is 39.4. The van der Waals surface area contributed by atoms with Crippen LogP contribution in [0.1, 0.15) is 193 Å². The van der Waals surface area contributed by atoms with Gasteiger partial charge in [-0.2, -0.15) is 0 Å². The second-order valence-electron chi connectivity index (χ2n) is 38.9. The number of hydrogen-bond donors (Lipinski definition) is 6. The molecule has 0 saturated carbocycles. The second kappa shape index (κ2) is 67.1. The lowest BCUT2D eigenvalue weighted by Crippen LogP contribution is -2.53. The lowest BCUT2D eigenvalue weighted by molar-refractivity contribution is -0.146. The minimum absolute atomic E-state index is 0.0246. The number of aliphatic hydroxyl groups is 3. The number of likely N-dealkylation sites (tertiary alicyclic amines) is 3. The minimum Gasteiger partial charge on any atom is -0.481 e. The molecule has 33 nitrogen and oxygen atoms in total. The molecule has 0 aliphatic carbocycles. The summed E-state index contributed by atoms with van der Waals surface area (Å²) >= 11 is 4.81. The number of β-amino-alcohol motifs (C(OH)–C–C–N with tert-alkyl or cyclic N) is 3. The van der Waals surface area contributed by atoms with E-state index in [9.17, 15) is 58.5 Å². The third-order valence-corrected chi connectivity index (χ3v) is 27.2. The van der Waals surface area contributed by atoms with Gasteiger partial charge in [0.05, 0.1) is 242 Å². The topological polar surface area (TPSA) is 446 Å². The standard InChI is InChI=1S/C36H54N2O8S.C35H53N3O8S.C23H31N3O3S.C12H24O6/c1-6-14-43-16-18-45-20-21-46-19-17-44-15-13-29(39)22-31(36(3,4)5)35(42)38-24-30(40)23-32(38)33(41)12-9-27-7-10-28(11-8-27)34-26(2)37-25-47-34;1-25-33(47-24-37-25)27-8-5-26(6-9-27)7-10-32(41)31-22-29(40)23-38(31)34(42)30(35(2,3)4)21-28(39)11-13-43-15-17-45-19-20-46-18-16-44-14-12-36;1-14-20(30-13-25-14)16-8-5-15(6-9-16)7-10-19(28)18-11-17(27)12-26(18)22(29)21(24)23(2,3)4;1-2-4-15-6-8-17-10-11-18-9-7-16-5-3-12(13)14/h7-8,10-11,25,30-32,40H,6,9,12-24H2,1-5H3;5-6,8-9,24,29-31,40H,7,10-23,36H2,1-4H3;5-6,8-9,13,17-18,21,27H,7,10-12,24H2,1-4H3;2-11H2,1H3,(H,13,14)/t30-,31-,32+;29-,30-,31+;17-,18+,21-;/m111./s1. The van der Waals surface area contributed by atoms with Crippen molar-refractivity contribution < 1.29 is 120 Å². The molecule has 3 aliphatic rings. The van der Waals surface area contributed by atoms with Crippen LogP contribution in [-0.2, 0) is 119 Å². The number of carbonyl (C=O) groups is 9. The van der Waals surface area contributed by atoms with E-state index in [1.807, 2.05) is 160 Å². The molecule has 142 heavy (non-hydrogen) atoms. The van der Waals surface area contributed by atoms with Crippen molar-refractivity contribution >= 4 is 86.6 Å². The molecule has 3 aliphatic heterocycles. The van der Waals surface area contributed by atoms with Crippen LogP contribution in [0, 0.1) is 48.9 Å². The first kappa shape index (κ1) is 123. The molecule has 3 aromatic heterocycles. The number of carboxylic acids is 1. The highest BCUT2D eigenvalue weighted by molar-refractivity contribution is 7.14. The fourth-order valence-electron chi connectivity index (χ4n) is 15.9. The fraction of sp³-hybridized carbons (Fsp3) is 0.660. The zero-order valence-corrected chi connectivity index (χ0v) is 88.8. The molecule has 0 spiro atoms. The normalized spacial score (nSPS) is 17.1. The van der Waals surface area contributed by atoms with Gasteiger partial charge in [0.25, 0.3) is 0 Å². The number of hydrogen-bond acceptors (Lipinski definition) is 32. The molecule has 8 N–H and O–H groups in total. The number of amides is 3. The number of benzene rings is 3. The Kier molecular flexibility index (Phi) is 58.0. The first-order chi connectivity index (χ1) is 67.9. The number of nitrogens with zero attached hydrogens (tertiary/aromatic N) is 6. The maximum atomic E-state index is 13.9. The van der Waals surface area contributed by atoms with E-state index >= 15 is 0 Å². The van der Waals surface area contributed by atoms with Gasteiger partial charge in [0.1, 0.15) is 11.6 Å². The molecular weight excluding hydrogens is 1880 g/mol. The van der Waals surface area contributed by atoms with Crippen LogP contribution >= 0.6 is 34.0 Å². The molecule has 3 aromatic carbocycles. The van der Waals surface area contributed by atoms with Gasteiger partial charge >= 0.3 is 5.97 Å². The summed E-state index contributed by atoms with van der Waals surface area (Å²) in [5.74, 6) is -3.18. The van der Waals surface area contributed by atoms with Crippen molar-refractivity contribution in [2.75, 3.05) is 185 Å². The molecule has 6 heterocycles. The Hall–Kier alpha value is -7.90. The summed E-state index contributed by atoms with van der Waals surface area (Å²) < 4.78 is 64.3. The van der Waals surface area contributed by atoms with Crippen molar-refractivity contribution in [2.24, 2.45) is 39.5 Å². The van der Waals surface area contributed by atoms with Gasteiger partial charge in [-0.1, -0.05) is 149 Å². The van der Waals surface area contributed by atoms with Crippen LogP contribution in [0.3, 0.4) is 0 Å². The van der Waals surface area contributed by atoms with Gasteiger partial charge in [0.2, 0.25) is 17.7 Å². The van der Waals surface area contributed by atoms with Crippen molar-refractivity contribution in [1.82, 2.24) is 29.7 Å². The fourth-order valence-corrected chi connectivity index (χ4v) is 18.4. The third kappa shape index (κ3) is 46.0. The lowest BCUT2D eigenvalue weighted by atomic mass is 9.76. The SMILES string of the molecule is CCCOCCOCCOCCOCCC(=O)C[C@H](C(=O)N1C[C@H](O)C[C@H]1C(=O)CCc1ccc(-c2scnc2C)cc1)C(C)(C)C.CCCOCCOCCOCCOCCC(=O)O.Cc1ncsc1-c1ccc(CCC(=O)[C@@H]2C[C@@H](O)CN2C(=O)[C@@H](CC(=O)CCOCCOCCOCCOCCN)C(C)(C)C)cc1.Cc1ncsc1-c1ccc(CCC(=O)[C@@H]2C[C@@H](O)CN2C(=O)[C@@H](N)C(C)(C)C)cc1. The number of carbonyl (C=O) groups excluding carboxylic acids is 8. The maximum Gasteiger partial charge on any atom is 0.305 e. The van der Waals surface area contributed by atoms with E-state index in [1.165, 1.54) is 14.7 Å². The summed E-state index contributed by atoms with van der Waals surface area (Å²) in [6, 6.07) is 21.7. The summed E-state index contributed by atoms with van der Waals surface area (Å²) in [7, 11) is 0. The molecule has 0 radical (unpaired) electrons. The smallest absolute Gasteiger partial charge is 0.305 e. The van der Waals surface area contributed by atoms with Crippen LogP contribution in [0.5, 0.6) is 0 Å². The molecule has 36 heteroatoms. The first-order valence-corrected chi connectivity index (χ1v) is 52.7. The summed E-state index contributed by atoms with van der Waals surface area (Å²) in [6.07, 6.45) is 3.53. The summed E-state index contributed by atoms with van der Waals surface area (Å²) in [5.41, 5.74) is 25.0. The number of thiazole rings is 3. The van der Waals surface area contributed by atoms with Gasteiger partial charge in [-0.25, -0.2) is 15.0 Å². The lowest BCUT2D eigenvalue weighted by Gasteiger charge is -2.34. The molecular formula is C106H162N8O25S3. The molecule has 6 aromatic rings. The van der Waals surface area contributed by atoms with E-state index in [4.69, 9.17) is 73.4 Å². The Morgan fingerprint density at radius 2 is 0.606 bits per heavy atom. The second-order valence-corrected chi connectivity index (χ2v) is 41.5. The van der Waals surface area contributed by atoms with Crippen molar-refractivity contribution in [3.63, 3.8) is 0 Å². The number of aromatic nitrogens is 3. The number of nitrogens with two attached hydrogens (primary N) is 2. The van der Waals surface area contributed by atoms with Crippen LogP contribution < -0.4 is 11.5 Å². The largest absolute Gasteiger partial charge is 0.481 e. The predicted molar refractivity (Wildman–Crippen MR) is 549 cm³/mol. The molecule has 3 fully saturated rings. The van der Waals surface area contributed by atoms with Gasteiger partial charge in [-0.3, -0.25) is 43.2 Å². The van der Waals surface area contributed by atoms with Crippen molar-refractivity contribution in [3.05, 3.63) is 123 Å². The first-order valence-electron chi connectivity index (χ1n) is 50.0. The molecule has 0 bridgehead atoms. The highest BCUT2D eigenvalue weighted by Crippen LogP contribution is 2.38. The van der Waals surface area contributed by atoms with Gasteiger partial charge < -0.3 is 103 Å². The van der Waals surface area contributed by atoms with Crippen LogP contribution in [0.25, 0.3) is 31.3 Å². The van der Waals surface area contributed by atoms with Gasteiger partial charge in [-0.15, -0.1) is 34.0 Å². The Balaban J connectivity index is 0.000000305. The predicted octanol–water partition coefficient (Wildman–Crippen LogP) is 12.6. The Morgan fingerprint density at radius 1 is 0.359 bits per heavy atom. The molecule has 3 amide bonds. The number of Topliss-reactive ketones (excluding diaryl/α,β-unsaturated/α-hetero) is 5. The Morgan fingerprint density at radius 3 is 0.838 bits per heavy atom. The molecule has 794 valence electrons. The summed E-state index contributed by atoms with van der Waals surface area (Å²) in [6.45, 7) is 39.5. The number of aliphatic carboxylic acids is 1. The monoisotopic (exact) mass is 2040 g/mol. The number of aliphatic hydroxyl groups excluding tert-OH is 3. The number of aryl methyl sites for hydroxylation is 6. The quantitative estimate of drug-likeness (QED) is 0.0193. The van der Waals surface area contributed by atoms with Crippen molar-refractivity contribution in [1.29, 1.82) is 0 Å². The van der Waals surface area contributed by atoms with E-state index in [-0.39, 0.29) is 150 Å². The van der Waals surface area contributed by atoms with Crippen LogP contribution in [0.2, 0.25) is 0 Å².